The molecule has 3 rings (SSSR count). The summed E-state index contributed by atoms with van der Waals surface area (Å²) in [5.74, 6) is 0. The second-order valence-electron chi connectivity index (χ2n) is 6.47. The molecule has 2 heterocycles. The molecule has 3 aromatic rings. The molecule has 2 N–H and O–H groups in total. The van der Waals surface area contributed by atoms with Crippen molar-refractivity contribution in [3.8, 4) is 11.1 Å². The van der Waals surface area contributed by atoms with Crippen LogP contribution in [0.2, 0.25) is 0 Å². The summed E-state index contributed by atoms with van der Waals surface area (Å²) in [6.07, 6.45) is 1.19. The van der Waals surface area contributed by atoms with Gasteiger partial charge in [-0.1, -0.05) is 24.3 Å². The summed E-state index contributed by atoms with van der Waals surface area (Å²) in [5, 5.41) is 3.92. The highest BCUT2D eigenvalue weighted by molar-refractivity contribution is 5.66. The van der Waals surface area contributed by atoms with Crippen molar-refractivity contribution >= 4 is 0 Å². The monoisotopic (exact) mass is 401 g/mol. The summed E-state index contributed by atoms with van der Waals surface area (Å²) in [6.45, 7) is 1.93. The van der Waals surface area contributed by atoms with Crippen LogP contribution in [0.3, 0.4) is 0 Å². The number of aromatic nitrogens is 4. The van der Waals surface area contributed by atoms with Crippen molar-refractivity contribution in [2.24, 2.45) is 5.73 Å². The van der Waals surface area contributed by atoms with E-state index >= 15 is 0 Å². The van der Waals surface area contributed by atoms with Crippen molar-refractivity contribution in [2.45, 2.75) is 26.6 Å². The Balaban J connectivity index is 1.94. The molecule has 1 aromatic carbocycles. The van der Waals surface area contributed by atoms with E-state index in [-0.39, 0.29) is 30.8 Å². The van der Waals surface area contributed by atoms with Crippen LogP contribution >= 0.6 is 0 Å². The summed E-state index contributed by atoms with van der Waals surface area (Å²) in [5.41, 5.74) is 6.92. The highest BCUT2D eigenvalue weighted by atomic mass is 19.3. The van der Waals surface area contributed by atoms with E-state index in [2.05, 4.69) is 5.10 Å². The van der Waals surface area contributed by atoms with E-state index in [0.717, 1.165) is 21.4 Å². The van der Waals surface area contributed by atoms with Crippen LogP contribution in [0, 0.1) is 0 Å². The molecule has 152 valence electrons. The zero-order valence-electron chi connectivity index (χ0n) is 15.9. The van der Waals surface area contributed by atoms with Crippen molar-refractivity contribution < 1.29 is 8.78 Å². The van der Waals surface area contributed by atoms with Crippen molar-refractivity contribution in [1.29, 1.82) is 0 Å². The maximum Gasteiger partial charge on any atom is 0.346 e. The fourth-order valence-electron chi connectivity index (χ4n) is 3.03. The summed E-state index contributed by atoms with van der Waals surface area (Å²) < 4.78 is 29.6. The Morgan fingerprint density at radius 2 is 1.86 bits per heavy atom. The Morgan fingerprint density at radius 3 is 2.55 bits per heavy atom. The number of hydrogen-bond donors (Lipinski definition) is 1. The first-order chi connectivity index (χ1) is 13.9. The number of halogens is 2. The van der Waals surface area contributed by atoms with Gasteiger partial charge in [0.05, 0.1) is 13.1 Å². The number of rotatable bonds is 7. The van der Waals surface area contributed by atoms with E-state index in [9.17, 15) is 18.4 Å². The topological polar surface area (TPSA) is 87.8 Å². The zero-order chi connectivity index (χ0) is 21.0. The zero-order valence-corrected chi connectivity index (χ0v) is 15.9. The molecule has 0 aliphatic carbocycles. The highest BCUT2D eigenvalue weighted by Gasteiger charge is 2.13. The van der Waals surface area contributed by atoms with Crippen molar-refractivity contribution in [1.82, 2.24) is 18.9 Å². The molecule has 0 saturated carbocycles. The van der Waals surface area contributed by atoms with Gasteiger partial charge in [-0.3, -0.25) is 9.36 Å². The molecule has 0 aliphatic rings. The van der Waals surface area contributed by atoms with E-state index in [1.165, 1.54) is 17.0 Å². The van der Waals surface area contributed by atoms with Crippen molar-refractivity contribution in [3.63, 3.8) is 0 Å². The van der Waals surface area contributed by atoms with Crippen LogP contribution in [0.1, 0.15) is 12.5 Å². The van der Waals surface area contributed by atoms with Crippen molar-refractivity contribution in [3.05, 3.63) is 87.0 Å². The fourth-order valence-corrected chi connectivity index (χ4v) is 3.03. The lowest BCUT2D eigenvalue weighted by Crippen LogP contribution is -2.27. The Morgan fingerprint density at radius 1 is 1.10 bits per heavy atom. The summed E-state index contributed by atoms with van der Waals surface area (Å²) >= 11 is 0. The smallest absolute Gasteiger partial charge is 0.327 e. The number of nitrogens with two attached hydrogens (primary N) is 1. The second-order valence-corrected chi connectivity index (χ2v) is 6.47. The minimum Gasteiger partial charge on any atom is -0.327 e. The molecule has 0 amide bonds. The van der Waals surface area contributed by atoms with Crippen LogP contribution in [-0.4, -0.2) is 25.5 Å². The van der Waals surface area contributed by atoms with Gasteiger partial charge in [-0.05, 0) is 29.7 Å². The number of pyridine rings is 1. The Kier molecular flexibility index (Phi) is 6.18. The molecule has 0 atom stereocenters. The Hall–Kier alpha value is -3.33. The average Bonchev–Trinajstić information content (AvgIpc) is 3.06. The second kappa shape index (κ2) is 8.78. The van der Waals surface area contributed by atoms with E-state index in [4.69, 9.17) is 5.73 Å². The molecule has 0 fully saturated rings. The molecular weight excluding hydrogens is 380 g/mol. The average molecular weight is 401 g/mol. The number of nitrogens with zero attached hydrogens (tertiary/aromatic N) is 4. The molecule has 7 nitrogen and oxygen atoms in total. The third-order valence-corrected chi connectivity index (χ3v) is 4.64. The molecule has 0 bridgehead atoms. The Labute approximate surface area is 165 Å². The summed E-state index contributed by atoms with van der Waals surface area (Å²) in [4.78, 5) is 24.4. The van der Waals surface area contributed by atoms with Gasteiger partial charge >= 0.3 is 5.69 Å². The van der Waals surface area contributed by atoms with Gasteiger partial charge in [0.2, 0.25) is 0 Å². The van der Waals surface area contributed by atoms with Gasteiger partial charge in [0.25, 0.3) is 11.6 Å². The van der Waals surface area contributed by atoms with Gasteiger partial charge in [-0.2, -0.15) is 13.9 Å². The van der Waals surface area contributed by atoms with Gasteiger partial charge in [0.15, 0.2) is 0 Å². The molecule has 0 spiro atoms. The number of aryl methyl sites for hydroxylation is 1. The third-order valence-electron chi connectivity index (χ3n) is 4.64. The normalized spacial score (nSPS) is 10.9. The van der Waals surface area contributed by atoms with E-state index in [1.807, 2.05) is 31.2 Å². The Bertz CT molecular complexity index is 1160. The van der Waals surface area contributed by atoms with Crippen LogP contribution in [0.15, 0.2) is 70.2 Å². The molecule has 9 heteroatoms. The number of benzene rings is 1. The SMILES string of the molecule is CCn1cc(-c2ccccc2Cn2cnn(CC(CN)=C(F)F)c2=O)ccc1=O. The van der Waals surface area contributed by atoms with Crippen LogP contribution in [0.25, 0.3) is 11.1 Å². The first-order valence-electron chi connectivity index (χ1n) is 9.08. The van der Waals surface area contributed by atoms with Gasteiger partial charge in [-0.15, -0.1) is 0 Å². The first-order valence-corrected chi connectivity index (χ1v) is 9.08. The quantitative estimate of drug-likeness (QED) is 0.656. The standard InChI is InChI=1S/C20H21F2N5O2/c1-2-25-10-15(7-8-18(25)28)17-6-4-3-5-14(17)11-26-13-24-27(20(26)29)12-16(9-23)19(21)22/h3-8,10,13H,2,9,11-12,23H2,1H3. The minimum atomic E-state index is -1.90. The predicted molar refractivity (Wildman–Crippen MR) is 106 cm³/mol. The largest absolute Gasteiger partial charge is 0.346 e. The summed E-state index contributed by atoms with van der Waals surface area (Å²) in [7, 11) is 0. The molecule has 2 aromatic heterocycles. The highest BCUT2D eigenvalue weighted by Crippen LogP contribution is 2.23. The van der Waals surface area contributed by atoms with Crippen LogP contribution in [0.5, 0.6) is 0 Å². The van der Waals surface area contributed by atoms with Gasteiger partial charge < -0.3 is 10.3 Å². The van der Waals surface area contributed by atoms with Crippen LogP contribution in [-0.2, 0) is 19.6 Å². The molecule has 0 radical (unpaired) electrons. The summed E-state index contributed by atoms with van der Waals surface area (Å²) in [6, 6.07) is 10.7. The lowest BCUT2D eigenvalue weighted by atomic mass is 10.0. The lowest BCUT2D eigenvalue weighted by Gasteiger charge is -2.11. The maximum absolute atomic E-state index is 12.8. The molecule has 0 aliphatic heterocycles. The number of hydrogen-bond acceptors (Lipinski definition) is 4. The van der Waals surface area contributed by atoms with E-state index in [1.54, 1.807) is 16.8 Å². The fraction of sp³-hybridized carbons (Fsp3) is 0.250. The van der Waals surface area contributed by atoms with Gasteiger partial charge in [-0.25, -0.2) is 9.48 Å². The van der Waals surface area contributed by atoms with Crippen LogP contribution in [0.4, 0.5) is 8.78 Å². The van der Waals surface area contributed by atoms with E-state index < -0.39 is 11.8 Å². The molecule has 29 heavy (non-hydrogen) atoms. The maximum atomic E-state index is 12.8. The van der Waals surface area contributed by atoms with Crippen LogP contribution < -0.4 is 17.0 Å². The first kappa shape index (κ1) is 20.4. The third kappa shape index (κ3) is 4.40. The van der Waals surface area contributed by atoms with Crippen molar-refractivity contribution in [2.75, 3.05) is 6.54 Å². The van der Waals surface area contributed by atoms with Gasteiger partial charge in [0.1, 0.15) is 6.33 Å². The van der Waals surface area contributed by atoms with E-state index in [0.29, 0.717) is 6.54 Å². The van der Waals surface area contributed by atoms with Gasteiger partial charge in [0, 0.05) is 30.9 Å². The molecular formula is C20H21F2N5O2. The predicted octanol–water partition coefficient (Wildman–Crippen LogP) is 2.05. The lowest BCUT2D eigenvalue weighted by molar-refractivity contribution is 0.400. The molecule has 0 saturated heterocycles. The molecule has 0 unspecified atom stereocenters. The minimum absolute atomic E-state index is 0.0879.